The van der Waals surface area contributed by atoms with Crippen LogP contribution < -0.4 is 5.32 Å². The molecule has 1 heterocycles. The molecule has 0 aromatic rings. The average Bonchev–Trinajstić information content (AvgIpc) is 2.34. The van der Waals surface area contributed by atoms with Crippen molar-refractivity contribution < 1.29 is 14.7 Å². The molecule has 0 aromatic heterocycles. The number of nitrogens with zero attached hydrogens (tertiary/aromatic N) is 1. The van der Waals surface area contributed by atoms with Crippen LogP contribution in [0, 0.1) is 0 Å². The van der Waals surface area contributed by atoms with Crippen molar-refractivity contribution in [3.63, 3.8) is 0 Å². The summed E-state index contributed by atoms with van der Waals surface area (Å²) in [6.07, 6.45) is 0.608. The number of nitrogens with one attached hydrogen (secondary N) is 1. The fraction of sp³-hybridized carbons (Fsp3) is 0.778. The first-order valence-electron chi connectivity index (χ1n) is 4.60. The largest absolute Gasteiger partial charge is 0.381 e. The van der Waals surface area contributed by atoms with E-state index >= 15 is 0 Å². The van der Waals surface area contributed by atoms with Crippen molar-refractivity contribution >= 4 is 11.8 Å². The van der Waals surface area contributed by atoms with Gasteiger partial charge in [0.15, 0.2) is 0 Å². The molecule has 2 amide bonds. The van der Waals surface area contributed by atoms with Gasteiger partial charge in [0.1, 0.15) is 11.6 Å². The summed E-state index contributed by atoms with van der Waals surface area (Å²) < 4.78 is 0. The van der Waals surface area contributed by atoms with Crippen molar-refractivity contribution in [2.75, 3.05) is 13.6 Å². The normalized spacial score (nSPS) is 22.7. The lowest BCUT2D eigenvalue weighted by molar-refractivity contribution is -0.140. The van der Waals surface area contributed by atoms with Gasteiger partial charge in [-0.05, 0) is 20.3 Å². The number of rotatable bonds is 2. The number of amides is 2. The minimum absolute atomic E-state index is 0.0948. The lowest BCUT2D eigenvalue weighted by atomic mass is 10.1. The van der Waals surface area contributed by atoms with E-state index in [4.69, 9.17) is 0 Å². The van der Waals surface area contributed by atoms with E-state index in [0.29, 0.717) is 13.0 Å². The Morgan fingerprint density at radius 1 is 1.64 bits per heavy atom. The number of hydrogen-bond acceptors (Lipinski definition) is 3. The molecule has 1 aliphatic rings. The van der Waals surface area contributed by atoms with Crippen molar-refractivity contribution in [2.24, 2.45) is 0 Å². The molecule has 0 saturated carbocycles. The van der Waals surface area contributed by atoms with Gasteiger partial charge < -0.3 is 15.3 Å². The minimum Gasteiger partial charge on any atom is -0.381 e. The molecular formula is C9H16N2O3. The third-order valence-electron chi connectivity index (χ3n) is 2.29. The number of hydrogen-bond donors (Lipinski definition) is 2. The minimum atomic E-state index is -1.43. The van der Waals surface area contributed by atoms with Gasteiger partial charge in [0.05, 0.1) is 0 Å². The molecule has 1 fully saturated rings. The van der Waals surface area contributed by atoms with E-state index in [2.05, 4.69) is 5.32 Å². The van der Waals surface area contributed by atoms with Gasteiger partial charge in [-0.25, -0.2) is 0 Å². The van der Waals surface area contributed by atoms with E-state index in [0.717, 1.165) is 0 Å². The van der Waals surface area contributed by atoms with E-state index < -0.39 is 17.6 Å². The predicted octanol–water partition coefficient (Wildman–Crippen LogP) is -0.896. The van der Waals surface area contributed by atoms with Gasteiger partial charge in [-0.1, -0.05) is 0 Å². The van der Waals surface area contributed by atoms with Crippen molar-refractivity contribution in [1.29, 1.82) is 0 Å². The maximum Gasteiger partial charge on any atom is 0.252 e. The van der Waals surface area contributed by atoms with Gasteiger partial charge in [0.25, 0.3) is 5.91 Å². The molecule has 1 aliphatic heterocycles. The first-order chi connectivity index (χ1) is 6.32. The summed E-state index contributed by atoms with van der Waals surface area (Å²) in [6, 6.07) is -0.473. The van der Waals surface area contributed by atoms with Gasteiger partial charge in [-0.2, -0.15) is 0 Å². The Morgan fingerprint density at radius 2 is 2.21 bits per heavy atom. The third kappa shape index (κ3) is 2.23. The van der Waals surface area contributed by atoms with Crippen molar-refractivity contribution in [2.45, 2.75) is 31.9 Å². The number of carbonyl (C=O) groups excluding carboxylic acids is 2. The number of likely N-dealkylation sites (tertiary alicyclic amines) is 1. The quantitative estimate of drug-likeness (QED) is 0.607. The molecule has 80 valence electrons. The molecule has 0 radical (unpaired) electrons. The summed E-state index contributed by atoms with van der Waals surface area (Å²) in [6.45, 7) is 3.44. The maximum absolute atomic E-state index is 11.4. The number of aliphatic hydroxyl groups is 1. The van der Waals surface area contributed by atoms with Crippen LogP contribution >= 0.6 is 0 Å². The lowest BCUT2D eigenvalue weighted by Crippen LogP contribution is -2.49. The Hall–Kier alpha value is -1.10. The molecule has 14 heavy (non-hydrogen) atoms. The molecule has 0 aromatic carbocycles. The van der Waals surface area contributed by atoms with Crippen LogP contribution in [0.5, 0.6) is 0 Å². The van der Waals surface area contributed by atoms with Crippen molar-refractivity contribution in [3.05, 3.63) is 0 Å². The standard InChI is InChI=1S/C9H16N2O3/c1-9(2,14)8(13)10-6-4-5-11(3)7(6)12/h6,14H,4-5H2,1-3H3,(H,10,13). The Kier molecular flexibility index (Phi) is 2.80. The highest BCUT2D eigenvalue weighted by Crippen LogP contribution is 2.10. The topological polar surface area (TPSA) is 69.6 Å². The molecule has 1 rings (SSSR count). The van der Waals surface area contributed by atoms with Gasteiger partial charge in [0, 0.05) is 13.6 Å². The zero-order chi connectivity index (χ0) is 10.9. The zero-order valence-electron chi connectivity index (χ0n) is 8.70. The summed E-state index contributed by atoms with van der Waals surface area (Å²) in [5.74, 6) is -0.603. The molecule has 1 saturated heterocycles. The smallest absolute Gasteiger partial charge is 0.252 e. The molecule has 5 heteroatoms. The third-order valence-corrected chi connectivity index (χ3v) is 2.29. The van der Waals surface area contributed by atoms with E-state index in [1.807, 2.05) is 0 Å². The molecule has 1 unspecified atom stereocenters. The highest BCUT2D eigenvalue weighted by Gasteiger charge is 2.33. The number of carbonyl (C=O) groups is 2. The molecule has 2 N–H and O–H groups in total. The summed E-state index contributed by atoms with van der Waals surface area (Å²) in [7, 11) is 1.69. The van der Waals surface area contributed by atoms with Gasteiger partial charge in [-0.15, -0.1) is 0 Å². The molecular weight excluding hydrogens is 184 g/mol. The highest BCUT2D eigenvalue weighted by molar-refractivity contribution is 5.91. The Bertz CT molecular complexity index is 257. The summed E-state index contributed by atoms with van der Waals surface area (Å²) in [5.41, 5.74) is -1.43. The summed E-state index contributed by atoms with van der Waals surface area (Å²) in [4.78, 5) is 24.3. The van der Waals surface area contributed by atoms with Crippen molar-refractivity contribution in [3.8, 4) is 0 Å². The summed E-state index contributed by atoms with van der Waals surface area (Å²) >= 11 is 0. The van der Waals surface area contributed by atoms with E-state index in [-0.39, 0.29) is 5.91 Å². The summed E-state index contributed by atoms with van der Waals surface area (Å²) in [5, 5.41) is 11.9. The second-order valence-electron chi connectivity index (χ2n) is 4.13. The Morgan fingerprint density at radius 3 is 2.57 bits per heavy atom. The van der Waals surface area contributed by atoms with E-state index in [9.17, 15) is 14.7 Å². The van der Waals surface area contributed by atoms with Gasteiger partial charge in [-0.3, -0.25) is 9.59 Å². The van der Waals surface area contributed by atoms with Crippen LogP contribution in [0.3, 0.4) is 0 Å². The number of likely N-dealkylation sites (N-methyl/N-ethyl adjacent to an activating group) is 1. The fourth-order valence-corrected chi connectivity index (χ4v) is 1.29. The van der Waals surface area contributed by atoms with Crippen LogP contribution in [0.2, 0.25) is 0 Å². The fourth-order valence-electron chi connectivity index (χ4n) is 1.29. The molecule has 0 bridgehead atoms. The SMILES string of the molecule is CN1CCC(NC(=O)C(C)(C)O)C1=O. The van der Waals surface area contributed by atoms with Crippen LogP contribution in [-0.4, -0.2) is 47.1 Å². The Balaban J connectivity index is 2.54. The second kappa shape index (κ2) is 3.57. The Labute approximate surface area is 83.1 Å². The monoisotopic (exact) mass is 200 g/mol. The molecule has 0 aliphatic carbocycles. The van der Waals surface area contributed by atoms with Crippen LogP contribution in [0.25, 0.3) is 0 Å². The van der Waals surface area contributed by atoms with Crippen LogP contribution in [0.15, 0.2) is 0 Å². The first-order valence-corrected chi connectivity index (χ1v) is 4.60. The van der Waals surface area contributed by atoms with Crippen LogP contribution in [-0.2, 0) is 9.59 Å². The van der Waals surface area contributed by atoms with E-state index in [1.165, 1.54) is 13.8 Å². The van der Waals surface area contributed by atoms with Crippen LogP contribution in [0.4, 0.5) is 0 Å². The molecule has 5 nitrogen and oxygen atoms in total. The highest BCUT2D eigenvalue weighted by atomic mass is 16.3. The van der Waals surface area contributed by atoms with Gasteiger partial charge >= 0.3 is 0 Å². The van der Waals surface area contributed by atoms with E-state index in [1.54, 1.807) is 11.9 Å². The molecule has 1 atom stereocenters. The van der Waals surface area contributed by atoms with Crippen LogP contribution in [0.1, 0.15) is 20.3 Å². The van der Waals surface area contributed by atoms with Crippen molar-refractivity contribution in [1.82, 2.24) is 10.2 Å². The zero-order valence-corrected chi connectivity index (χ0v) is 8.70. The maximum atomic E-state index is 11.4. The van der Waals surface area contributed by atoms with Gasteiger partial charge in [0.2, 0.25) is 5.91 Å². The predicted molar refractivity (Wildman–Crippen MR) is 50.5 cm³/mol. The first kappa shape index (κ1) is 11.0. The lowest BCUT2D eigenvalue weighted by Gasteiger charge is -2.19. The second-order valence-corrected chi connectivity index (χ2v) is 4.13. The molecule has 0 spiro atoms. The average molecular weight is 200 g/mol.